The smallest absolute Gasteiger partial charge is 0.410 e. The molecule has 2 heterocycles. The normalized spacial score (nSPS) is 23.3. The van der Waals surface area contributed by atoms with Crippen LogP contribution in [0.3, 0.4) is 0 Å². The van der Waals surface area contributed by atoms with Crippen LogP contribution in [0.1, 0.15) is 36.3 Å². The fourth-order valence-electron chi connectivity index (χ4n) is 2.02. The van der Waals surface area contributed by atoms with Crippen molar-refractivity contribution in [2.24, 2.45) is 0 Å². The summed E-state index contributed by atoms with van der Waals surface area (Å²) in [5.41, 5.74) is -0.386. The van der Waals surface area contributed by atoms with Crippen molar-refractivity contribution in [1.29, 1.82) is 0 Å². The van der Waals surface area contributed by atoms with E-state index in [2.05, 4.69) is 10.4 Å². The van der Waals surface area contributed by atoms with Crippen molar-refractivity contribution in [3.63, 3.8) is 0 Å². The molecule has 2 rings (SSSR count). The van der Waals surface area contributed by atoms with E-state index in [0.717, 1.165) is 10.7 Å². The van der Waals surface area contributed by atoms with Gasteiger partial charge in [-0.15, -0.1) is 0 Å². The molecule has 0 bridgehead atoms. The molecule has 1 aromatic rings. The molecule has 0 radical (unpaired) electrons. The first kappa shape index (κ1) is 12.7. The number of hydrogen-bond acceptors (Lipinski definition) is 3. The van der Waals surface area contributed by atoms with Crippen LogP contribution >= 0.6 is 0 Å². The Kier molecular flexibility index (Phi) is 2.95. The van der Waals surface area contributed by atoms with Gasteiger partial charge in [-0.05, 0) is 12.8 Å². The molecular weight excluding hydrogens is 251 g/mol. The zero-order chi connectivity index (χ0) is 13.5. The molecule has 18 heavy (non-hydrogen) atoms. The van der Waals surface area contributed by atoms with Gasteiger partial charge in [0.15, 0.2) is 11.7 Å². The fourth-order valence-corrected chi connectivity index (χ4v) is 2.02. The van der Waals surface area contributed by atoms with Crippen LogP contribution in [-0.4, -0.2) is 33.1 Å². The van der Waals surface area contributed by atoms with E-state index in [1.54, 1.807) is 6.92 Å². The van der Waals surface area contributed by atoms with Crippen LogP contribution in [0, 0.1) is 0 Å². The molecule has 0 unspecified atom stereocenters. The lowest BCUT2D eigenvalue weighted by atomic mass is 10.0. The number of halogens is 3. The summed E-state index contributed by atoms with van der Waals surface area (Å²) in [6, 6.07) is -0.975. The van der Waals surface area contributed by atoms with Gasteiger partial charge < -0.3 is 10.4 Å². The zero-order valence-electron chi connectivity index (χ0n) is 9.53. The van der Waals surface area contributed by atoms with Crippen LogP contribution in [0.5, 0.6) is 0 Å². The van der Waals surface area contributed by atoms with Crippen molar-refractivity contribution in [3.05, 3.63) is 11.8 Å². The van der Waals surface area contributed by atoms with Crippen LogP contribution in [0.2, 0.25) is 0 Å². The summed E-state index contributed by atoms with van der Waals surface area (Å²) in [7, 11) is 0. The van der Waals surface area contributed by atoms with Crippen molar-refractivity contribution < 1.29 is 23.1 Å². The number of nitrogens with zero attached hydrogens (tertiary/aromatic N) is 2. The van der Waals surface area contributed by atoms with E-state index in [4.69, 9.17) is 5.11 Å². The second-order valence-electron chi connectivity index (χ2n) is 4.21. The summed E-state index contributed by atoms with van der Waals surface area (Å²) >= 11 is 0. The number of rotatable bonds is 2. The lowest BCUT2D eigenvalue weighted by Gasteiger charge is -2.32. The lowest BCUT2D eigenvalue weighted by molar-refractivity contribution is -0.173. The SMILES string of the molecule is CC[C@@H]1C[C@H](C(F)(F)F)n2nc(C(=O)O)cc2N1. The molecule has 1 aliphatic rings. The molecule has 0 aromatic carbocycles. The predicted molar refractivity (Wildman–Crippen MR) is 56.6 cm³/mol. The molecular formula is C10H12F3N3O2. The molecule has 1 aromatic heterocycles. The summed E-state index contributed by atoms with van der Waals surface area (Å²) in [5.74, 6) is -1.24. The van der Waals surface area contributed by atoms with Crippen molar-refractivity contribution in [3.8, 4) is 0 Å². The highest BCUT2D eigenvalue weighted by Gasteiger charge is 2.46. The number of nitrogens with one attached hydrogen (secondary N) is 1. The minimum atomic E-state index is -4.44. The molecule has 0 aliphatic carbocycles. The Hall–Kier alpha value is -1.73. The average Bonchev–Trinajstić information content (AvgIpc) is 2.69. The zero-order valence-corrected chi connectivity index (χ0v) is 9.53. The summed E-state index contributed by atoms with van der Waals surface area (Å²) in [6.07, 6.45) is -4.06. The van der Waals surface area contributed by atoms with Gasteiger partial charge in [-0.3, -0.25) is 0 Å². The van der Waals surface area contributed by atoms with Crippen molar-refractivity contribution in [1.82, 2.24) is 9.78 Å². The number of carbonyl (C=O) groups is 1. The Bertz CT molecular complexity index is 469. The van der Waals surface area contributed by atoms with E-state index in [0.29, 0.717) is 6.42 Å². The van der Waals surface area contributed by atoms with E-state index in [1.807, 2.05) is 0 Å². The van der Waals surface area contributed by atoms with Gasteiger partial charge in [0.2, 0.25) is 0 Å². The van der Waals surface area contributed by atoms with Crippen molar-refractivity contribution in [2.75, 3.05) is 5.32 Å². The third-order valence-electron chi connectivity index (χ3n) is 2.98. The fraction of sp³-hybridized carbons (Fsp3) is 0.600. The first-order valence-electron chi connectivity index (χ1n) is 5.49. The van der Waals surface area contributed by atoms with Gasteiger partial charge in [0, 0.05) is 12.1 Å². The number of fused-ring (bicyclic) bond motifs is 1. The van der Waals surface area contributed by atoms with E-state index >= 15 is 0 Å². The number of hydrogen-bond donors (Lipinski definition) is 2. The van der Waals surface area contributed by atoms with E-state index in [1.165, 1.54) is 0 Å². The molecule has 0 saturated heterocycles. The van der Waals surface area contributed by atoms with Crippen LogP contribution < -0.4 is 5.32 Å². The van der Waals surface area contributed by atoms with Gasteiger partial charge >= 0.3 is 12.1 Å². The molecule has 8 heteroatoms. The topological polar surface area (TPSA) is 67.2 Å². The number of carboxylic acid groups (broad SMARTS) is 1. The highest BCUT2D eigenvalue weighted by Crippen LogP contribution is 2.39. The van der Waals surface area contributed by atoms with Gasteiger partial charge in [0.05, 0.1) is 0 Å². The average molecular weight is 263 g/mol. The highest BCUT2D eigenvalue weighted by molar-refractivity contribution is 5.86. The number of anilines is 1. The second kappa shape index (κ2) is 4.18. The van der Waals surface area contributed by atoms with Crippen LogP contribution in [-0.2, 0) is 0 Å². The van der Waals surface area contributed by atoms with E-state index in [-0.39, 0.29) is 24.0 Å². The Labute approximate surface area is 101 Å². The molecule has 100 valence electrons. The summed E-state index contributed by atoms with van der Waals surface area (Å²) < 4.78 is 39.4. The maximum Gasteiger partial charge on any atom is 0.410 e. The van der Waals surface area contributed by atoms with Crippen molar-refractivity contribution in [2.45, 2.75) is 38.0 Å². The lowest BCUT2D eigenvalue weighted by Crippen LogP contribution is -2.38. The maximum absolute atomic E-state index is 12.9. The molecule has 1 aliphatic heterocycles. The summed E-state index contributed by atoms with van der Waals surface area (Å²) in [6.45, 7) is 1.77. The largest absolute Gasteiger partial charge is 0.476 e. The molecule has 5 nitrogen and oxygen atoms in total. The summed E-state index contributed by atoms with van der Waals surface area (Å²) in [4.78, 5) is 10.7. The van der Waals surface area contributed by atoms with Crippen LogP contribution in [0.15, 0.2) is 6.07 Å². The highest BCUT2D eigenvalue weighted by atomic mass is 19.4. The van der Waals surface area contributed by atoms with E-state index in [9.17, 15) is 18.0 Å². The summed E-state index contributed by atoms with van der Waals surface area (Å²) in [5, 5.41) is 15.1. The van der Waals surface area contributed by atoms with Crippen LogP contribution in [0.4, 0.5) is 19.0 Å². The third-order valence-corrected chi connectivity index (χ3v) is 2.98. The molecule has 2 atom stereocenters. The monoisotopic (exact) mass is 263 g/mol. The Morgan fingerprint density at radius 3 is 2.83 bits per heavy atom. The van der Waals surface area contributed by atoms with Gasteiger partial charge in [-0.2, -0.15) is 18.3 Å². The Morgan fingerprint density at radius 2 is 2.33 bits per heavy atom. The Balaban J connectivity index is 2.43. The molecule has 0 amide bonds. The van der Waals surface area contributed by atoms with Crippen LogP contribution in [0.25, 0.3) is 0 Å². The van der Waals surface area contributed by atoms with E-state index < -0.39 is 18.2 Å². The first-order valence-corrected chi connectivity index (χ1v) is 5.49. The van der Waals surface area contributed by atoms with Gasteiger partial charge in [-0.1, -0.05) is 6.92 Å². The minimum Gasteiger partial charge on any atom is -0.476 e. The van der Waals surface area contributed by atoms with Gasteiger partial charge in [0.1, 0.15) is 5.82 Å². The van der Waals surface area contributed by atoms with Gasteiger partial charge in [-0.25, -0.2) is 9.48 Å². The number of aromatic nitrogens is 2. The van der Waals surface area contributed by atoms with Gasteiger partial charge in [0.25, 0.3) is 0 Å². The predicted octanol–water partition coefficient (Wildman–Crippen LogP) is 2.28. The molecule has 2 N–H and O–H groups in total. The standard InChI is InChI=1S/C10H12F3N3O2/c1-2-5-3-7(10(11,12)13)16-8(14-5)4-6(15-16)9(17)18/h4-5,7,14H,2-3H2,1H3,(H,17,18)/t5-,7-/m1/s1. The number of alkyl halides is 3. The van der Waals surface area contributed by atoms with Crippen molar-refractivity contribution >= 4 is 11.8 Å². The molecule has 0 fully saturated rings. The second-order valence-corrected chi connectivity index (χ2v) is 4.21. The first-order chi connectivity index (χ1) is 8.32. The molecule has 0 spiro atoms. The quantitative estimate of drug-likeness (QED) is 0.859. The minimum absolute atomic E-state index is 0.104. The third kappa shape index (κ3) is 2.14. The number of aromatic carboxylic acids is 1. The molecule has 0 saturated carbocycles. The maximum atomic E-state index is 12.9. The number of carboxylic acids is 1. The Morgan fingerprint density at radius 1 is 1.67 bits per heavy atom.